The van der Waals surface area contributed by atoms with Gasteiger partial charge in [0, 0.05) is 5.56 Å². The van der Waals surface area contributed by atoms with E-state index in [4.69, 9.17) is 4.74 Å². The van der Waals surface area contributed by atoms with Crippen LogP contribution in [0.4, 0.5) is 0 Å². The molecule has 0 saturated carbocycles. The number of rotatable bonds is 6. The molecule has 1 fully saturated rings. The molecule has 3 aromatic carbocycles. The summed E-state index contributed by atoms with van der Waals surface area (Å²) in [4.78, 5) is 26.4. The van der Waals surface area contributed by atoms with E-state index in [1.54, 1.807) is 37.5 Å². The van der Waals surface area contributed by atoms with Crippen LogP contribution in [0.1, 0.15) is 22.1 Å². The van der Waals surface area contributed by atoms with Crippen LogP contribution in [0.5, 0.6) is 11.5 Å². The number of phenolic OH excluding ortho intramolecular Hbond substituents is 1. The molecule has 162 valence electrons. The van der Waals surface area contributed by atoms with Crippen molar-refractivity contribution in [1.29, 1.82) is 0 Å². The summed E-state index contributed by atoms with van der Waals surface area (Å²) in [5, 5.41) is 11.0. The molecule has 6 nitrogen and oxygen atoms in total. The van der Waals surface area contributed by atoms with Gasteiger partial charge in [-0.05, 0) is 35.4 Å². The van der Waals surface area contributed by atoms with Gasteiger partial charge in [-0.25, -0.2) is 5.01 Å². The summed E-state index contributed by atoms with van der Waals surface area (Å²) in [7, 11) is 1.59. The average Bonchev–Trinajstić information content (AvgIpc) is 3.11. The van der Waals surface area contributed by atoms with Crippen molar-refractivity contribution in [2.24, 2.45) is 0 Å². The largest absolute Gasteiger partial charge is 0.507 e. The minimum atomic E-state index is -0.453. The lowest BCUT2D eigenvalue weighted by Gasteiger charge is -2.24. The van der Waals surface area contributed by atoms with Crippen LogP contribution in [0, 0.1) is 0 Å². The van der Waals surface area contributed by atoms with Gasteiger partial charge >= 0.3 is 0 Å². The molecule has 0 aromatic heterocycles. The fourth-order valence-corrected chi connectivity index (χ4v) is 4.53. The van der Waals surface area contributed by atoms with Crippen LogP contribution < -0.4 is 10.2 Å². The van der Waals surface area contributed by atoms with Crippen molar-refractivity contribution in [2.45, 2.75) is 11.8 Å². The Morgan fingerprint density at radius 3 is 2.44 bits per heavy atom. The Morgan fingerprint density at radius 1 is 1.06 bits per heavy atom. The van der Waals surface area contributed by atoms with Gasteiger partial charge in [-0.1, -0.05) is 72.4 Å². The fraction of sp³-hybridized carbons (Fsp3) is 0.120. The number of nitrogens with one attached hydrogen (secondary N) is 1. The van der Waals surface area contributed by atoms with Crippen LogP contribution in [0.2, 0.25) is 0 Å². The Bertz CT molecular complexity index is 1150. The second-order valence-electron chi connectivity index (χ2n) is 7.18. The number of hydrazine groups is 1. The van der Waals surface area contributed by atoms with E-state index < -0.39 is 5.37 Å². The van der Waals surface area contributed by atoms with Gasteiger partial charge in [0.15, 0.2) is 0 Å². The molecule has 2 N–H and O–H groups in total. The second kappa shape index (κ2) is 9.62. The van der Waals surface area contributed by atoms with E-state index >= 15 is 0 Å². The number of carbonyl (C=O) groups excluding carboxylic acids is 2. The highest BCUT2D eigenvalue weighted by atomic mass is 32.2. The van der Waals surface area contributed by atoms with Crippen molar-refractivity contribution in [2.75, 3.05) is 7.11 Å². The number of phenols is 1. The summed E-state index contributed by atoms with van der Waals surface area (Å²) in [6.07, 6.45) is 1.80. The highest BCUT2D eigenvalue weighted by Crippen LogP contribution is 2.45. The maximum atomic E-state index is 13.2. The summed E-state index contributed by atoms with van der Waals surface area (Å²) in [6.45, 7) is 0. The van der Waals surface area contributed by atoms with Gasteiger partial charge in [-0.15, -0.1) is 0 Å². The molecule has 4 rings (SSSR count). The molecule has 1 heterocycles. The van der Waals surface area contributed by atoms with Gasteiger partial charge in [0.25, 0.3) is 5.91 Å². The quantitative estimate of drug-likeness (QED) is 0.553. The highest BCUT2D eigenvalue weighted by Gasteiger charge is 2.38. The number of thioether (sulfide) groups is 1. The zero-order chi connectivity index (χ0) is 22.5. The van der Waals surface area contributed by atoms with Crippen molar-refractivity contribution in [3.05, 3.63) is 100 Å². The molecule has 0 bridgehead atoms. The number of nitrogens with zero attached hydrogens (tertiary/aromatic N) is 1. The molecule has 1 aliphatic heterocycles. The third kappa shape index (κ3) is 4.78. The van der Waals surface area contributed by atoms with E-state index in [9.17, 15) is 14.7 Å². The molecule has 7 heteroatoms. The van der Waals surface area contributed by atoms with Gasteiger partial charge in [-0.3, -0.25) is 15.0 Å². The molecule has 0 spiro atoms. The Hall–Kier alpha value is -3.71. The zero-order valence-corrected chi connectivity index (χ0v) is 18.2. The van der Waals surface area contributed by atoms with E-state index in [1.807, 2.05) is 54.6 Å². The maximum Gasteiger partial charge on any atom is 0.280 e. The van der Waals surface area contributed by atoms with Crippen LogP contribution in [0.25, 0.3) is 6.08 Å². The molecule has 1 atom stereocenters. The molecule has 3 aromatic rings. The first-order valence-corrected chi connectivity index (χ1v) is 10.9. The Balaban J connectivity index is 1.62. The number of amides is 2. The van der Waals surface area contributed by atoms with Crippen molar-refractivity contribution in [3.63, 3.8) is 0 Å². The number of hydrogen-bond acceptors (Lipinski definition) is 5. The third-order valence-corrected chi connectivity index (χ3v) is 6.23. The first-order chi connectivity index (χ1) is 15.5. The maximum absolute atomic E-state index is 13.2. The average molecular weight is 447 g/mol. The number of aromatic hydroxyl groups is 1. The summed E-state index contributed by atoms with van der Waals surface area (Å²) in [5.41, 5.74) is 5.01. The minimum absolute atomic E-state index is 0.0842. The Kier molecular flexibility index (Phi) is 6.47. The number of ether oxygens (including phenoxy) is 1. The monoisotopic (exact) mass is 446 g/mol. The summed E-state index contributed by atoms with van der Waals surface area (Å²) < 4.78 is 5.23. The van der Waals surface area contributed by atoms with Gasteiger partial charge in [0.05, 0.1) is 18.4 Å². The minimum Gasteiger partial charge on any atom is -0.507 e. The van der Waals surface area contributed by atoms with Crippen molar-refractivity contribution < 1.29 is 19.4 Å². The number of hydrogen-bond donors (Lipinski definition) is 2. The van der Waals surface area contributed by atoms with Gasteiger partial charge in [0.2, 0.25) is 5.91 Å². The molecule has 0 aliphatic carbocycles. The summed E-state index contributed by atoms with van der Waals surface area (Å²) in [5.74, 6) is 0.168. The molecule has 1 aliphatic rings. The molecular formula is C25H22N2O4S. The Labute approximate surface area is 190 Å². The topological polar surface area (TPSA) is 78.9 Å². The molecular weight excluding hydrogens is 424 g/mol. The van der Waals surface area contributed by atoms with Crippen LogP contribution >= 0.6 is 11.8 Å². The van der Waals surface area contributed by atoms with E-state index in [1.165, 1.54) is 16.8 Å². The van der Waals surface area contributed by atoms with E-state index in [0.717, 1.165) is 11.1 Å². The molecule has 32 heavy (non-hydrogen) atoms. The lowest BCUT2D eigenvalue weighted by molar-refractivity contribution is -0.137. The van der Waals surface area contributed by atoms with Crippen LogP contribution in [0.15, 0.2) is 83.8 Å². The standard InChI is InChI=1S/C25H22N2O4S/c1-31-20-13-11-18(12-14-20)25-27(26-23(29)15-17-7-3-2-4-8-17)24(30)22(32-25)16-19-9-5-6-10-21(19)28/h2-14,16,25,28H,15H2,1H3,(H,26,29)/b22-16-/t25-/m1/s1. The first-order valence-electron chi connectivity index (χ1n) is 10.0. The predicted molar refractivity (Wildman–Crippen MR) is 125 cm³/mol. The lowest BCUT2D eigenvalue weighted by Crippen LogP contribution is -2.44. The Morgan fingerprint density at radius 2 is 1.75 bits per heavy atom. The van der Waals surface area contributed by atoms with E-state index in [2.05, 4.69) is 5.43 Å². The fourth-order valence-electron chi connectivity index (χ4n) is 3.35. The van der Waals surface area contributed by atoms with E-state index in [0.29, 0.717) is 16.2 Å². The number of carbonyl (C=O) groups is 2. The molecule has 2 amide bonds. The van der Waals surface area contributed by atoms with Crippen LogP contribution in [-0.2, 0) is 16.0 Å². The summed E-state index contributed by atoms with van der Waals surface area (Å²) in [6, 6.07) is 23.5. The highest BCUT2D eigenvalue weighted by molar-refractivity contribution is 8.04. The van der Waals surface area contributed by atoms with Crippen molar-refractivity contribution >= 4 is 29.7 Å². The normalized spacial score (nSPS) is 16.9. The smallest absolute Gasteiger partial charge is 0.280 e. The number of para-hydroxylation sites is 1. The van der Waals surface area contributed by atoms with E-state index in [-0.39, 0.29) is 24.0 Å². The number of benzene rings is 3. The number of methoxy groups -OCH3 is 1. The second-order valence-corrected chi connectivity index (χ2v) is 8.31. The SMILES string of the molecule is COc1ccc([C@H]2S/C(=C\c3ccccc3O)C(=O)N2NC(=O)Cc2ccccc2)cc1. The van der Waals surface area contributed by atoms with Gasteiger partial charge < -0.3 is 9.84 Å². The van der Waals surface area contributed by atoms with Crippen molar-refractivity contribution in [1.82, 2.24) is 10.4 Å². The first kappa shape index (κ1) is 21.5. The van der Waals surface area contributed by atoms with Gasteiger partial charge in [-0.2, -0.15) is 0 Å². The van der Waals surface area contributed by atoms with Crippen molar-refractivity contribution in [3.8, 4) is 11.5 Å². The molecule has 0 radical (unpaired) electrons. The summed E-state index contributed by atoms with van der Waals surface area (Å²) >= 11 is 1.32. The zero-order valence-electron chi connectivity index (χ0n) is 17.4. The van der Waals surface area contributed by atoms with Crippen LogP contribution in [-0.4, -0.2) is 29.0 Å². The molecule has 0 unspecified atom stereocenters. The molecule has 1 saturated heterocycles. The predicted octanol–water partition coefficient (Wildman–Crippen LogP) is 4.29. The lowest BCUT2D eigenvalue weighted by atomic mass is 10.1. The third-order valence-electron chi connectivity index (χ3n) is 4.98. The van der Waals surface area contributed by atoms with Crippen LogP contribution in [0.3, 0.4) is 0 Å². The van der Waals surface area contributed by atoms with Gasteiger partial charge in [0.1, 0.15) is 16.9 Å².